The standard InChI is InChI=1S/C37H43N7O3/c38-20-4-5-21-46-22-23-47-36-19-11-31(27-41-36)30-9-14-33(15-10-30)44(37(45)42-25-28-6-2-1-3-7-28)34-16-12-32(13-17-34)43-35-18-8-29(24-39)26-40-35/h1-3,6-11,14-15,18-19,26-27,32,34H,4-5,12-13,16-17,20-23,25,38H2,(H,40,43)(H,42,45). The van der Waals surface area contributed by atoms with Crippen LogP contribution in [0.2, 0.25) is 0 Å². The molecule has 1 fully saturated rings. The highest BCUT2D eigenvalue weighted by Gasteiger charge is 2.30. The molecule has 4 aromatic rings. The number of urea groups is 1. The van der Waals surface area contributed by atoms with Crippen molar-refractivity contribution in [2.75, 3.05) is 36.6 Å². The van der Waals surface area contributed by atoms with Gasteiger partial charge in [0.2, 0.25) is 5.88 Å². The quantitative estimate of drug-likeness (QED) is 0.130. The first-order valence-corrected chi connectivity index (χ1v) is 16.3. The van der Waals surface area contributed by atoms with Crippen LogP contribution < -0.4 is 26.0 Å². The molecule has 0 radical (unpaired) electrons. The third kappa shape index (κ3) is 10.0. The van der Waals surface area contributed by atoms with E-state index >= 15 is 0 Å². The van der Waals surface area contributed by atoms with E-state index in [1.807, 2.05) is 77.7 Å². The Morgan fingerprint density at radius 2 is 1.66 bits per heavy atom. The summed E-state index contributed by atoms with van der Waals surface area (Å²) in [6, 6.07) is 27.8. The number of hydrogen-bond donors (Lipinski definition) is 3. The minimum absolute atomic E-state index is 0.0475. The van der Waals surface area contributed by atoms with Gasteiger partial charge in [0.1, 0.15) is 18.5 Å². The molecular weight excluding hydrogens is 590 g/mol. The van der Waals surface area contributed by atoms with Gasteiger partial charge in [-0.1, -0.05) is 42.5 Å². The molecule has 10 heteroatoms. The minimum Gasteiger partial charge on any atom is -0.475 e. The Morgan fingerprint density at radius 1 is 0.872 bits per heavy atom. The second-order valence-corrected chi connectivity index (χ2v) is 11.6. The van der Waals surface area contributed by atoms with Gasteiger partial charge in [-0.2, -0.15) is 5.26 Å². The molecule has 0 saturated heterocycles. The van der Waals surface area contributed by atoms with Crippen molar-refractivity contribution in [2.24, 2.45) is 5.73 Å². The Morgan fingerprint density at radius 3 is 2.34 bits per heavy atom. The SMILES string of the molecule is N#Cc1ccc(NC2CCC(N(C(=O)NCc3ccccc3)c3ccc(-c4ccc(OCCOCCCCN)nc4)cc3)CC2)nc1. The lowest BCUT2D eigenvalue weighted by molar-refractivity contribution is 0.0962. The Bertz CT molecular complexity index is 1550. The number of ether oxygens (including phenoxy) is 2. The number of benzene rings is 2. The summed E-state index contributed by atoms with van der Waals surface area (Å²) in [7, 11) is 0. The van der Waals surface area contributed by atoms with Gasteiger partial charge >= 0.3 is 6.03 Å². The summed E-state index contributed by atoms with van der Waals surface area (Å²) in [4.78, 5) is 24.5. The van der Waals surface area contributed by atoms with Crippen molar-refractivity contribution in [1.29, 1.82) is 5.26 Å². The molecule has 5 rings (SSSR count). The second kappa shape index (κ2) is 17.6. The molecule has 2 aromatic heterocycles. The van der Waals surface area contributed by atoms with Crippen LogP contribution in [-0.2, 0) is 11.3 Å². The molecule has 47 heavy (non-hydrogen) atoms. The number of carbonyl (C=O) groups is 1. The Balaban J connectivity index is 1.21. The van der Waals surface area contributed by atoms with Gasteiger partial charge in [-0.15, -0.1) is 0 Å². The summed E-state index contributed by atoms with van der Waals surface area (Å²) >= 11 is 0. The summed E-state index contributed by atoms with van der Waals surface area (Å²) in [6.45, 7) is 2.77. The van der Waals surface area contributed by atoms with Gasteiger partial charge in [0.05, 0.1) is 12.2 Å². The van der Waals surface area contributed by atoms with Gasteiger partial charge in [-0.25, -0.2) is 14.8 Å². The van der Waals surface area contributed by atoms with E-state index in [0.29, 0.717) is 44.4 Å². The molecule has 2 heterocycles. The monoisotopic (exact) mass is 633 g/mol. The highest BCUT2D eigenvalue weighted by molar-refractivity contribution is 5.93. The first kappa shape index (κ1) is 33.4. The fraction of sp³-hybridized carbons (Fsp3) is 0.351. The highest BCUT2D eigenvalue weighted by Crippen LogP contribution is 2.31. The molecule has 0 aliphatic heterocycles. The van der Waals surface area contributed by atoms with Gasteiger partial charge in [0.15, 0.2) is 0 Å². The predicted octanol–water partition coefficient (Wildman–Crippen LogP) is 6.29. The first-order valence-electron chi connectivity index (χ1n) is 16.3. The molecule has 0 spiro atoms. The lowest BCUT2D eigenvalue weighted by Crippen LogP contribution is -2.48. The molecule has 1 aliphatic rings. The van der Waals surface area contributed by atoms with Gasteiger partial charge in [-0.3, -0.25) is 4.90 Å². The van der Waals surface area contributed by atoms with Crippen molar-refractivity contribution in [3.8, 4) is 23.1 Å². The van der Waals surface area contributed by atoms with Crippen LogP contribution in [0.4, 0.5) is 16.3 Å². The molecule has 0 bridgehead atoms. The van der Waals surface area contributed by atoms with E-state index < -0.39 is 0 Å². The number of nitrogens with one attached hydrogen (secondary N) is 2. The molecule has 1 aliphatic carbocycles. The molecule has 1 saturated carbocycles. The van der Waals surface area contributed by atoms with Crippen LogP contribution in [0.1, 0.15) is 49.7 Å². The zero-order valence-corrected chi connectivity index (χ0v) is 26.7. The van der Waals surface area contributed by atoms with Gasteiger partial charge in [0, 0.05) is 54.9 Å². The number of nitrogens with two attached hydrogens (primary N) is 1. The predicted molar refractivity (Wildman–Crippen MR) is 184 cm³/mol. The molecule has 4 N–H and O–H groups in total. The summed E-state index contributed by atoms with van der Waals surface area (Å²) in [5, 5.41) is 15.7. The van der Waals surface area contributed by atoms with E-state index in [-0.39, 0.29) is 18.1 Å². The number of rotatable bonds is 15. The van der Waals surface area contributed by atoms with E-state index in [4.69, 9.17) is 20.5 Å². The van der Waals surface area contributed by atoms with E-state index in [0.717, 1.165) is 66.7 Å². The molecule has 0 atom stereocenters. The molecule has 244 valence electrons. The summed E-state index contributed by atoms with van der Waals surface area (Å²) in [6.07, 6.45) is 8.78. The lowest BCUT2D eigenvalue weighted by Gasteiger charge is -2.37. The van der Waals surface area contributed by atoms with E-state index in [2.05, 4.69) is 26.7 Å². The lowest BCUT2D eigenvalue weighted by atomic mass is 9.89. The largest absolute Gasteiger partial charge is 0.475 e. The average Bonchev–Trinajstić information content (AvgIpc) is 3.12. The number of amides is 2. The smallest absolute Gasteiger partial charge is 0.322 e. The van der Waals surface area contributed by atoms with Crippen LogP contribution in [-0.4, -0.2) is 54.4 Å². The minimum atomic E-state index is -0.113. The third-order valence-electron chi connectivity index (χ3n) is 8.25. The van der Waals surface area contributed by atoms with Gasteiger partial charge in [-0.05, 0) is 86.5 Å². The fourth-order valence-corrected chi connectivity index (χ4v) is 5.69. The zero-order chi connectivity index (χ0) is 32.7. The maximum Gasteiger partial charge on any atom is 0.322 e. The van der Waals surface area contributed by atoms with Crippen LogP contribution in [0.25, 0.3) is 11.1 Å². The highest BCUT2D eigenvalue weighted by atomic mass is 16.5. The van der Waals surface area contributed by atoms with E-state index in [9.17, 15) is 4.79 Å². The van der Waals surface area contributed by atoms with Crippen molar-refractivity contribution in [3.63, 3.8) is 0 Å². The first-order chi connectivity index (χ1) is 23.1. The summed E-state index contributed by atoms with van der Waals surface area (Å²) < 4.78 is 11.3. The number of pyridine rings is 2. The van der Waals surface area contributed by atoms with Crippen LogP contribution in [0.3, 0.4) is 0 Å². The van der Waals surface area contributed by atoms with Gasteiger partial charge < -0.3 is 25.8 Å². The topological polar surface area (TPSA) is 138 Å². The van der Waals surface area contributed by atoms with E-state index in [1.54, 1.807) is 18.5 Å². The molecule has 2 aromatic carbocycles. The fourth-order valence-electron chi connectivity index (χ4n) is 5.69. The van der Waals surface area contributed by atoms with Crippen LogP contribution >= 0.6 is 0 Å². The van der Waals surface area contributed by atoms with Crippen molar-refractivity contribution in [2.45, 2.75) is 57.2 Å². The Labute approximate surface area is 276 Å². The number of aromatic nitrogens is 2. The number of anilines is 2. The number of hydrogen-bond acceptors (Lipinski definition) is 8. The van der Waals surface area contributed by atoms with Crippen LogP contribution in [0.5, 0.6) is 5.88 Å². The maximum absolute atomic E-state index is 13.7. The maximum atomic E-state index is 13.7. The van der Waals surface area contributed by atoms with Crippen molar-refractivity contribution in [1.82, 2.24) is 15.3 Å². The summed E-state index contributed by atoms with van der Waals surface area (Å²) in [5.74, 6) is 1.31. The summed E-state index contributed by atoms with van der Waals surface area (Å²) in [5.41, 5.74) is 9.91. The molecule has 0 unspecified atom stereocenters. The van der Waals surface area contributed by atoms with Crippen molar-refractivity contribution >= 4 is 17.5 Å². The van der Waals surface area contributed by atoms with E-state index in [1.165, 1.54) is 0 Å². The molecular formula is C37H43N7O3. The zero-order valence-electron chi connectivity index (χ0n) is 26.7. The number of nitrogens with zero attached hydrogens (tertiary/aromatic N) is 4. The van der Waals surface area contributed by atoms with Crippen LogP contribution in [0.15, 0.2) is 91.3 Å². The normalized spacial score (nSPS) is 15.7. The Hall–Kier alpha value is -4.98. The number of carbonyl (C=O) groups excluding carboxylic acids is 1. The molecule has 10 nitrogen and oxygen atoms in total. The molecule has 2 amide bonds. The second-order valence-electron chi connectivity index (χ2n) is 11.6. The van der Waals surface area contributed by atoms with Crippen molar-refractivity contribution < 1.29 is 14.3 Å². The average molecular weight is 634 g/mol. The number of unbranched alkanes of at least 4 members (excludes halogenated alkanes) is 1. The Kier molecular flexibility index (Phi) is 12.5. The number of nitriles is 1. The van der Waals surface area contributed by atoms with Crippen molar-refractivity contribution in [3.05, 3.63) is 102 Å². The van der Waals surface area contributed by atoms with Gasteiger partial charge in [0.25, 0.3) is 0 Å². The van der Waals surface area contributed by atoms with Crippen LogP contribution in [0, 0.1) is 11.3 Å². The third-order valence-corrected chi connectivity index (χ3v) is 8.25.